The fourth-order valence-corrected chi connectivity index (χ4v) is 2.12. The molecule has 0 heterocycles. The van der Waals surface area contributed by atoms with Gasteiger partial charge in [0.05, 0.1) is 10.0 Å². The average Bonchev–Trinajstić information content (AvgIpc) is 2.34. The molecule has 2 nitrogen and oxygen atoms in total. The molecule has 0 aliphatic heterocycles. The first kappa shape index (κ1) is 12.9. The Bertz CT molecular complexity index is 639. The highest BCUT2D eigenvalue weighted by atomic mass is 79.9. The maximum Gasteiger partial charge on any atom is 0.145 e. The molecule has 5 heteroatoms. The molecule has 0 bridgehead atoms. The van der Waals surface area contributed by atoms with Gasteiger partial charge in [-0.05, 0) is 52.3 Å². The highest BCUT2D eigenvalue weighted by Gasteiger charge is 2.08. The second kappa shape index (κ2) is 5.38. The summed E-state index contributed by atoms with van der Waals surface area (Å²) >= 11 is 9.11. The van der Waals surface area contributed by atoms with Crippen LogP contribution in [0.1, 0.15) is 5.56 Å². The first-order valence-corrected chi connectivity index (χ1v) is 6.10. The Hall–Kier alpha value is -1.57. The number of hydrogen-bond donors (Lipinski definition) is 0. The Kier molecular flexibility index (Phi) is 3.85. The maximum atomic E-state index is 13.0. The molecule has 0 unspecified atom stereocenters. The van der Waals surface area contributed by atoms with Crippen LogP contribution >= 0.6 is 27.5 Å². The number of hydrogen-bond acceptors (Lipinski definition) is 2. The van der Waals surface area contributed by atoms with E-state index >= 15 is 0 Å². The second-order valence-electron chi connectivity index (χ2n) is 3.43. The van der Waals surface area contributed by atoms with Crippen LogP contribution in [0.2, 0.25) is 5.02 Å². The van der Waals surface area contributed by atoms with E-state index in [9.17, 15) is 4.39 Å². The van der Waals surface area contributed by atoms with Gasteiger partial charge in [-0.25, -0.2) is 4.39 Å². The minimum atomic E-state index is -0.478. The molecule has 18 heavy (non-hydrogen) atoms. The van der Waals surface area contributed by atoms with Gasteiger partial charge in [0.15, 0.2) is 0 Å². The normalized spacial score (nSPS) is 9.89. The van der Waals surface area contributed by atoms with Gasteiger partial charge in [-0.3, -0.25) is 0 Å². The van der Waals surface area contributed by atoms with Crippen molar-refractivity contribution in [1.82, 2.24) is 0 Å². The van der Waals surface area contributed by atoms with Crippen molar-refractivity contribution >= 4 is 27.5 Å². The Morgan fingerprint density at radius 1 is 1.17 bits per heavy atom. The van der Waals surface area contributed by atoms with Crippen LogP contribution in [-0.4, -0.2) is 0 Å². The van der Waals surface area contributed by atoms with Gasteiger partial charge in [-0.1, -0.05) is 11.6 Å². The van der Waals surface area contributed by atoms with E-state index in [4.69, 9.17) is 21.6 Å². The lowest BCUT2D eigenvalue weighted by atomic mass is 10.2. The Labute approximate surface area is 117 Å². The first-order chi connectivity index (χ1) is 8.60. The fraction of sp³-hybridized carbons (Fsp3) is 0. The van der Waals surface area contributed by atoms with Gasteiger partial charge in [-0.2, -0.15) is 5.26 Å². The number of nitrogens with zero attached hydrogens (tertiary/aromatic N) is 1. The van der Waals surface area contributed by atoms with Crippen molar-refractivity contribution in [3.8, 4) is 17.6 Å². The lowest BCUT2D eigenvalue weighted by Gasteiger charge is -2.09. The van der Waals surface area contributed by atoms with Crippen LogP contribution in [0.15, 0.2) is 40.9 Å². The smallest absolute Gasteiger partial charge is 0.145 e. The van der Waals surface area contributed by atoms with Crippen LogP contribution in [0.5, 0.6) is 11.5 Å². The minimum absolute atomic E-state index is 0.136. The van der Waals surface area contributed by atoms with Gasteiger partial charge < -0.3 is 4.74 Å². The fourth-order valence-electron chi connectivity index (χ4n) is 1.36. The molecule has 0 aromatic heterocycles. The number of halogens is 3. The molecular formula is C13H6BrClFNO. The highest BCUT2D eigenvalue weighted by molar-refractivity contribution is 9.10. The van der Waals surface area contributed by atoms with Gasteiger partial charge in [0.2, 0.25) is 0 Å². The number of benzene rings is 2. The lowest BCUT2D eigenvalue weighted by molar-refractivity contribution is 0.476. The summed E-state index contributed by atoms with van der Waals surface area (Å²) in [5.41, 5.74) is 0.136. The molecule has 0 aliphatic carbocycles. The Morgan fingerprint density at radius 3 is 2.56 bits per heavy atom. The number of nitriles is 1. The molecule has 0 saturated heterocycles. The third-order valence-corrected chi connectivity index (χ3v) is 3.03. The molecule has 0 radical (unpaired) electrons. The van der Waals surface area contributed by atoms with E-state index in [0.29, 0.717) is 21.0 Å². The minimum Gasteiger partial charge on any atom is -0.455 e. The van der Waals surface area contributed by atoms with Gasteiger partial charge >= 0.3 is 0 Å². The maximum absolute atomic E-state index is 13.0. The van der Waals surface area contributed by atoms with Crippen LogP contribution < -0.4 is 4.74 Å². The van der Waals surface area contributed by atoms with Crippen molar-refractivity contribution in [3.63, 3.8) is 0 Å². The first-order valence-electron chi connectivity index (χ1n) is 4.92. The molecule has 2 aromatic carbocycles. The predicted octanol–water partition coefficient (Wildman–Crippen LogP) is 4.91. The molecule has 0 spiro atoms. The molecule has 0 amide bonds. The summed E-state index contributed by atoms with van der Waals surface area (Å²) in [6.45, 7) is 0. The summed E-state index contributed by atoms with van der Waals surface area (Å²) in [5, 5.41) is 9.47. The molecule has 0 atom stereocenters. The zero-order valence-corrected chi connectivity index (χ0v) is 11.3. The Balaban J connectivity index is 2.37. The zero-order chi connectivity index (χ0) is 13.1. The molecule has 0 fully saturated rings. The van der Waals surface area contributed by atoms with Crippen LogP contribution in [-0.2, 0) is 0 Å². The van der Waals surface area contributed by atoms with Gasteiger partial charge in [0.25, 0.3) is 0 Å². The summed E-state index contributed by atoms with van der Waals surface area (Å²) in [4.78, 5) is 0. The standard InChI is InChI=1S/C13H6BrClFNO/c14-11-6-9(15)1-3-13(11)18-12-4-2-10(16)5-8(12)7-17/h1-6H. The Morgan fingerprint density at radius 2 is 1.89 bits per heavy atom. The summed E-state index contributed by atoms with van der Waals surface area (Å²) < 4.78 is 19.2. The predicted molar refractivity (Wildman–Crippen MR) is 70.3 cm³/mol. The van der Waals surface area contributed by atoms with Crippen LogP contribution in [0, 0.1) is 17.1 Å². The summed E-state index contributed by atoms with van der Waals surface area (Å²) in [6, 6.07) is 10.7. The van der Waals surface area contributed by atoms with Crippen molar-refractivity contribution in [2.45, 2.75) is 0 Å². The van der Waals surface area contributed by atoms with Gasteiger partial charge in [0, 0.05) is 5.02 Å². The van der Waals surface area contributed by atoms with E-state index in [2.05, 4.69) is 15.9 Å². The summed E-state index contributed by atoms with van der Waals surface area (Å²) in [6.07, 6.45) is 0. The van der Waals surface area contributed by atoms with Crippen LogP contribution in [0.4, 0.5) is 4.39 Å². The molecule has 0 N–H and O–H groups in total. The number of rotatable bonds is 2. The molecule has 2 aromatic rings. The third-order valence-electron chi connectivity index (χ3n) is 2.18. The van der Waals surface area contributed by atoms with Gasteiger partial charge in [0.1, 0.15) is 23.4 Å². The topological polar surface area (TPSA) is 33.0 Å². The van der Waals surface area contributed by atoms with E-state index in [1.165, 1.54) is 12.1 Å². The van der Waals surface area contributed by atoms with Crippen molar-refractivity contribution in [1.29, 1.82) is 5.26 Å². The average molecular weight is 327 g/mol. The van der Waals surface area contributed by atoms with E-state index in [1.807, 2.05) is 6.07 Å². The van der Waals surface area contributed by atoms with E-state index in [0.717, 1.165) is 6.07 Å². The summed E-state index contributed by atoms with van der Waals surface area (Å²) in [7, 11) is 0. The molecule has 0 saturated carbocycles. The van der Waals surface area contributed by atoms with Crippen molar-refractivity contribution in [2.24, 2.45) is 0 Å². The monoisotopic (exact) mass is 325 g/mol. The second-order valence-corrected chi connectivity index (χ2v) is 4.72. The molecule has 90 valence electrons. The van der Waals surface area contributed by atoms with E-state index in [-0.39, 0.29) is 5.56 Å². The van der Waals surface area contributed by atoms with E-state index in [1.54, 1.807) is 18.2 Å². The molecule has 2 rings (SSSR count). The van der Waals surface area contributed by atoms with Crippen molar-refractivity contribution < 1.29 is 9.13 Å². The van der Waals surface area contributed by atoms with Crippen molar-refractivity contribution in [2.75, 3.05) is 0 Å². The van der Waals surface area contributed by atoms with E-state index < -0.39 is 5.82 Å². The largest absolute Gasteiger partial charge is 0.455 e. The zero-order valence-electron chi connectivity index (χ0n) is 8.95. The summed E-state index contributed by atoms with van der Waals surface area (Å²) in [5.74, 6) is 0.318. The molecule has 0 aliphatic rings. The van der Waals surface area contributed by atoms with Crippen molar-refractivity contribution in [3.05, 3.63) is 57.3 Å². The van der Waals surface area contributed by atoms with Crippen LogP contribution in [0.25, 0.3) is 0 Å². The van der Waals surface area contributed by atoms with Gasteiger partial charge in [-0.15, -0.1) is 0 Å². The molecular weight excluding hydrogens is 321 g/mol. The lowest BCUT2D eigenvalue weighted by Crippen LogP contribution is -1.90. The number of ether oxygens (including phenoxy) is 1. The third kappa shape index (κ3) is 2.81. The van der Waals surface area contributed by atoms with Crippen LogP contribution in [0.3, 0.4) is 0 Å². The quantitative estimate of drug-likeness (QED) is 0.786. The SMILES string of the molecule is N#Cc1cc(F)ccc1Oc1ccc(Cl)cc1Br. The highest BCUT2D eigenvalue weighted by Crippen LogP contribution is 2.33.